The van der Waals surface area contributed by atoms with E-state index in [9.17, 15) is 5.11 Å². The highest BCUT2D eigenvalue weighted by Crippen LogP contribution is 2.45. The fourth-order valence-corrected chi connectivity index (χ4v) is 5.85. The third kappa shape index (κ3) is 4.25. The molecule has 9 heteroatoms. The second-order valence-corrected chi connectivity index (χ2v) is 9.72. The van der Waals surface area contributed by atoms with Crippen molar-refractivity contribution in [3.63, 3.8) is 0 Å². The van der Waals surface area contributed by atoms with Gasteiger partial charge in [-0.25, -0.2) is 9.97 Å². The van der Waals surface area contributed by atoms with Gasteiger partial charge < -0.3 is 15.2 Å². The first kappa shape index (κ1) is 22.0. The molecular weight excluding hydrogens is 482 g/mol. The normalized spacial score (nSPS) is 12.4. The number of benzene rings is 2. The Morgan fingerprint density at radius 3 is 2.83 bits per heavy atom. The number of thiophene rings is 1. The Bertz CT molecular complexity index is 1520. The Labute approximate surface area is 211 Å². The summed E-state index contributed by atoms with van der Waals surface area (Å²) in [6.07, 6.45) is 5.24. The van der Waals surface area contributed by atoms with Gasteiger partial charge in [0.2, 0.25) is 0 Å². The monoisotopic (exact) mass is 502 g/mol. The van der Waals surface area contributed by atoms with E-state index in [0.717, 1.165) is 56.3 Å². The predicted octanol–water partition coefficient (Wildman–Crippen LogP) is 4.99. The number of hydrogen-bond donors (Lipinski definition) is 1. The van der Waals surface area contributed by atoms with Crippen LogP contribution in [0.25, 0.3) is 20.7 Å². The summed E-state index contributed by atoms with van der Waals surface area (Å²) in [5, 5.41) is 20.6. The molecule has 6 rings (SSSR count). The second kappa shape index (κ2) is 9.30. The Kier molecular flexibility index (Phi) is 5.85. The molecule has 0 radical (unpaired) electrons. The summed E-state index contributed by atoms with van der Waals surface area (Å²) in [4.78, 5) is 11.2. The van der Waals surface area contributed by atoms with Gasteiger partial charge in [0.05, 0.1) is 16.1 Å². The first-order valence-electron chi connectivity index (χ1n) is 11.3. The lowest BCUT2D eigenvalue weighted by Crippen LogP contribution is -2.14. The van der Waals surface area contributed by atoms with Crippen molar-refractivity contribution >= 4 is 44.7 Å². The highest BCUT2D eigenvalue weighted by Gasteiger charge is 2.26. The summed E-state index contributed by atoms with van der Waals surface area (Å²) < 4.78 is 7.66. The molecule has 1 aliphatic carbocycles. The van der Waals surface area contributed by atoms with Gasteiger partial charge >= 0.3 is 0 Å². The van der Waals surface area contributed by atoms with E-state index in [1.54, 1.807) is 22.3 Å². The van der Waals surface area contributed by atoms with Gasteiger partial charge in [-0.1, -0.05) is 41.9 Å². The molecule has 1 N–H and O–H groups in total. The summed E-state index contributed by atoms with van der Waals surface area (Å²) in [6, 6.07) is 15.6. The van der Waals surface area contributed by atoms with Crippen molar-refractivity contribution in [1.29, 1.82) is 0 Å². The molecule has 0 aliphatic heterocycles. The molecule has 0 unspecified atom stereocenters. The van der Waals surface area contributed by atoms with Gasteiger partial charge in [0.15, 0.2) is 0 Å². The first-order chi connectivity index (χ1) is 17.2. The van der Waals surface area contributed by atoms with Crippen molar-refractivity contribution in [3.05, 3.63) is 82.9 Å². The summed E-state index contributed by atoms with van der Waals surface area (Å²) >= 11 is 8.17. The lowest BCUT2D eigenvalue weighted by Gasteiger charge is -2.13. The molecule has 2 aromatic carbocycles. The van der Waals surface area contributed by atoms with E-state index in [1.807, 2.05) is 54.7 Å². The van der Waals surface area contributed by atoms with Crippen LogP contribution >= 0.6 is 22.9 Å². The number of ether oxygens (including phenoxy) is 1. The molecule has 0 amide bonds. The molecule has 3 aromatic heterocycles. The zero-order valence-electron chi connectivity index (χ0n) is 18.7. The maximum Gasteiger partial charge on any atom is 0.142 e. The van der Waals surface area contributed by atoms with Crippen LogP contribution in [0, 0.1) is 0 Å². The minimum Gasteiger partial charge on any atom is -0.853 e. The van der Waals surface area contributed by atoms with Gasteiger partial charge in [-0.3, -0.25) is 4.68 Å². The van der Waals surface area contributed by atoms with E-state index in [4.69, 9.17) is 16.3 Å². The fourth-order valence-electron chi connectivity index (χ4n) is 4.40. The van der Waals surface area contributed by atoms with Gasteiger partial charge in [-0.05, 0) is 42.2 Å². The standard InChI is InChI=1S/C26H21ClN5O2S/c27-20-12-17(6-9-22(20)34-14-16-4-2-1-3-5-16)30-25-23-18-7-8-21-19(13-32(31-21)10-11-33)24(18)35-26(23)29-15-28-25/h1-6,9,12-13,15H,7-8,10-11,14H2,(H,28,29,30)/q-1. The van der Waals surface area contributed by atoms with Crippen LogP contribution in [0.3, 0.4) is 0 Å². The van der Waals surface area contributed by atoms with E-state index < -0.39 is 0 Å². The van der Waals surface area contributed by atoms with Gasteiger partial charge in [-0.15, -0.1) is 17.9 Å². The zero-order chi connectivity index (χ0) is 23.8. The number of hydrogen-bond acceptors (Lipinski definition) is 7. The minimum atomic E-state index is -0.183. The average Bonchev–Trinajstić information content (AvgIpc) is 3.46. The van der Waals surface area contributed by atoms with Crippen molar-refractivity contribution in [2.75, 3.05) is 11.9 Å². The molecule has 0 bridgehead atoms. The summed E-state index contributed by atoms with van der Waals surface area (Å²) in [6.45, 7) is 0.651. The Morgan fingerprint density at radius 2 is 2.00 bits per heavy atom. The number of aryl methyl sites for hydroxylation is 2. The fraction of sp³-hybridized carbons (Fsp3) is 0.192. The molecule has 5 aromatic rings. The van der Waals surface area contributed by atoms with Crippen molar-refractivity contribution in [2.45, 2.75) is 26.0 Å². The van der Waals surface area contributed by atoms with Gasteiger partial charge in [-0.2, -0.15) is 5.10 Å². The molecule has 1 aliphatic rings. The van der Waals surface area contributed by atoms with Crippen LogP contribution in [0.2, 0.25) is 5.02 Å². The van der Waals surface area contributed by atoms with E-state index in [2.05, 4.69) is 20.4 Å². The van der Waals surface area contributed by atoms with Crippen LogP contribution in [0.15, 0.2) is 61.1 Å². The highest BCUT2D eigenvalue weighted by molar-refractivity contribution is 7.22. The van der Waals surface area contributed by atoms with Crippen LogP contribution < -0.4 is 15.2 Å². The van der Waals surface area contributed by atoms with Crippen molar-refractivity contribution < 1.29 is 9.84 Å². The minimum absolute atomic E-state index is 0.183. The molecule has 0 atom stereocenters. The first-order valence-corrected chi connectivity index (χ1v) is 12.5. The van der Waals surface area contributed by atoms with Gasteiger partial charge in [0.1, 0.15) is 29.3 Å². The molecule has 7 nitrogen and oxygen atoms in total. The lowest BCUT2D eigenvalue weighted by molar-refractivity contribution is -0.370. The average molecular weight is 503 g/mol. The number of fused-ring (bicyclic) bond motifs is 5. The van der Waals surface area contributed by atoms with E-state index >= 15 is 0 Å². The third-order valence-electron chi connectivity index (χ3n) is 6.03. The number of halogens is 1. The maximum atomic E-state index is 11.1. The quantitative estimate of drug-likeness (QED) is 0.337. The van der Waals surface area contributed by atoms with Crippen molar-refractivity contribution in [2.24, 2.45) is 0 Å². The molecule has 0 spiro atoms. The summed E-state index contributed by atoms with van der Waals surface area (Å²) in [7, 11) is 0. The molecule has 0 saturated heterocycles. The Morgan fingerprint density at radius 1 is 1.11 bits per heavy atom. The van der Waals surface area contributed by atoms with Crippen LogP contribution in [0.5, 0.6) is 5.75 Å². The number of nitrogens with zero attached hydrogens (tertiary/aromatic N) is 4. The van der Waals surface area contributed by atoms with Crippen molar-refractivity contribution in [1.82, 2.24) is 19.7 Å². The number of rotatable bonds is 7. The van der Waals surface area contributed by atoms with E-state index in [-0.39, 0.29) is 6.61 Å². The molecular formula is C26H21ClN5O2S-. The van der Waals surface area contributed by atoms with Gasteiger partial charge in [0, 0.05) is 28.9 Å². The summed E-state index contributed by atoms with van der Waals surface area (Å²) in [5.74, 6) is 1.38. The summed E-state index contributed by atoms with van der Waals surface area (Å²) in [5.41, 5.74) is 5.26. The van der Waals surface area contributed by atoms with Gasteiger partial charge in [0.25, 0.3) is 0 Å². The van der Waals surface area contributed by atoms with Crippen LogP contribution in [-0.4, -0.2) is 26.4 Å². The molecule has 176 valence electrons. The van der Waals surface area contributed by atoms with Crippen molar-refractivity contribution in [3.8, 4) is 16.2 Å². The topological polar surface area (TPSA) is 87.9 Å². The van der Waals surface area contributed by atoms with Crippen LogP contribution in [0.4, 0.5) is 11.5 Å². The SMILES string of the molecule is [O-]CCn1cc2c(n1)CCc1c-2sc2ncnc(Nc3ccc(OCc4ccccc4)c(Cl)c3)c12. The Hall–Kier alpha value is -3.46. The molecule has 3 heterocycles. The molecule has 0 saturated carbocycles. The number of nitrogens with one attached hydrogen (secondary N) is 1. The number of anilines is 2. The lowest BCUT2D eigenvalue weighted by atomic mass is 9.95. The smallest absolute Gasteiger partial charge is 0.142 e. The zero-order valence-corrected chi connectivity index (χ0v) is 20.3. The number of aromatic nitrogens is 4. The van der Waals surface area contributed by atoms with E-state index in [1.165, 1.54) is 5.56 Å². The van der Waals surface area contributed by atoms with Crippen LogP contribution in [0.1, 0.15) is 16.8 Å². The maximum absolute atomic E-state index is 11.1. The third-order valence-corrected chi connectivity index (χ3v) is 7.50. The largest absolute Gasteiger partial charge is 0.853 e. The van der Waals surface area contributed by atoms with Crippen LogP contribution in [-0.2, 0) is 26.0 Å². The molecule has 35 heavy (non-hydrogen) atoms. The molecule has 0 fully saturated rings. The second-order valence-electron chi connectivity index (χ2n) is 8.31. The predicted molar refractivity (Wildman–Crippen MR) is 136 cm³/mol. The Balaban J connectivity index is 1.28. The van der Waals surface area contributed by atoms with E-state index in [0.29, 0.717) is 23.9 Å². The highest BCUT2D eigenvalue weighted by atomic mass is 35.5.